The fraction of sp³-hybridized carbons (Fsp3) is 0.381. The van der Waals surface area contributed by atoms with Gasteiger partial charge in [-0.05, 0) is 36.1 Å². The predicted molar refractivity (Wildman–Crippen MR) is 107 cm³/mol. The Kier molecular flexibility index (Phi) is 5.12. The van der Waals surface area contributed by atoms with Gasteiger partial charge in [0.25, 0.3) is 5.91 Å². The number of benzene rings is 2. The van der Waals surface area contributed by atoms with Crippen LogP contribution in [0.15, 0.2) is 48.5 Å². The average molecular weight is 401 g/mol. The van der Waals surface area contributed by atoms with E-state index in [-0.39, 0.29) is 12.0 Å². The van der Waals surface area contributed by atoms with Gasteiger partial charge in [0.15, 0.2) is 0 Å². The van der Waals surface area contributed by atoms with Crippen LogP contribution in [0, 0.1) is 0 Å². The lowest BCUT2D eigenvalue weighted by Crippen LogP contribution is -2.41. The Hall–Kier alpha value is -2.38. The van der Waals surface area contributed by atoms with E-state index in [0.29, 0.717) is 50.3 Å². The second-order valence-electron chi connectivity index (χ2n) is 7.41. The van der Waals surface area contributed by atoms with Crippen molar-refractivity contribution >= 4 is 15.9 Å². The van der Waals surface area contributed by atoms with Crippen LogP contribution in [0.5, 0.6) is 5.75 Å². The summed E-state index contributed by atoms with van der Waals surface area (Å²) < 4.78 is 31.0. The summed E-state index contributed by atoms with van der Waals surface area (Å²) in [5.41, 5.74) is 2.92. The summed E-state index contributed by atoms with van der Waals surface area (Å²) in [6.45, 7) is 2.11. The summed E-state index contributed by atoms with van der Waals surface area (Å²) in [5, 5.41) is 0. The third-order valence-electron chi connectivity index (χ3n) is 5.41. The number of hydrogen-bond acceptors (Lipinski definition) is 4. The third-order valence-corrected chi connectivity index (χ3v) is 6.71. The lowest BCUT2D eigenvalue weighted by Gasteiger charge is -2.31. The van der Waals surface area contributed by atoms with Gasteiger partial charge < -0.3 is 9.64 Å². The molecule has 4 rings (SSSR count). The van der Waals surface area contributed by atoms with Crippen molar-refractivity contribution in [1.82, 2.24) is 9.21 Å². The Morgan fingerprint density at radius 1 is 0.964 bits per heavy atom. The molecule has 1 saturated heterocycles. The minimum Gasteiger partial charge on any atom is -0.489 e. The van der Waals surface area contributed by atoms with Crippen molar-refractivity contribution in [2.75, 3.05) is 19.3 Å². The largest absolute Gasteiger partial charge is 0.489 e. The zero-order valence-corrected chi connectivity index (χ0v) is 16.7. The van der Waals surface area contributed by atoms with Gasteiger partial charge in [-0.1, -0.05) is 36.4 Å². The number of piperidine rings is 1. The zero-order valence-electron chi connectivity index (χ0n) is 15.9. The van der Waals surface area contributed by atoms with Crippen molar-refractivity contribution in [3.8, 4) is 5.75 Å². The number of carbonyl (C=O) groups is 1. The maximum atomic E-state index is 13.1. The van der Waals surface area contributed by atoms with Gasteiger partial charge in [-0.2, -0.15) is 0 Å². The first-order chi connectivity index (χ1) is 13.4. The van der Waals surface area contributed by atoms with Gasteiger partial charge in [-0.3, -0.25) is 4.79 Å². The summed E-state index contributed by atoms with van der Waals surface area (Å²) in [7, 11) is -3.16. The van der Waals surface area contributed by atoms with Gasteiger partial charge in [0.2, 0.25) is 10.0 Å². The molecule has 7 heteroatoms. The summed E-state index contributed by atoms with van der Waals surface area (Å²) in [4.78, 5) is 15.0. The van der Waals surface area contributed by atoms with Crippen LogP contribution in [0.4, 0.5) is 0 Å². The van der Waals surface area contributed by atoms with Crippen LogP contribution in [0.3, 0.4) is 0 Å². The fourth-order valence-corrected chi connectivity index (χ4v) is 4.73. The number of carbonyl (C=O) groups excluding carboxylic acids is 1. The normalized spacial score (nSPS) is 18.1. The van der Waals surface area contributed by atoms with Crippen molar-refractivity contribution in [3.63, 3.8) is 0 Å². The summed E-state index contributed by atoms with van der Waals surface area (Å²) in [6.07, 6.45) is 2.37. The number of amides is 1. The van der Waals surface area contributed by atoms with Crippen LogP contribution in [-0.2, 0) is 23.1 Å². The predicted octanol–water partition coefficient (Wildman–Crippen LogP) is 2.65. The number of para-hydroxylation sites is 1. The number of sulfonamides is 1. The minimum absolute atomic E-state index is 0.0413. The molecule has 0 bridgehead atoms. The van der Waals surface area contributed by atoms with E-state index >= 15 is 0 Å². The van der Waals surface area contributed by atoms with E-state index in [1.54, 1.807) is 6.07 Å². The molecule has 0 radical (unpaired) electrons. The van der Waals surface area contributed by atoms with Crippen molar-refractivity contribution in [2.24, 2.45) is 0 Å². The highest BCUT2D eigenvalue weighted by Crippen LogP contribution is 2.29. The van der Waals surface area contributed by atoms with Gasteiger partial charge in [0, 0.05) is 26.2 Å². The van der Waals surface area contributed by atoms with E-state index in [9.17, 15) is 13.2 Å². The minimum atomic E-state index is -3.16. The van der Waals surface area contributed by atoms with Gasteiger partial charge >= 0.3 is 0 Å². The highest BCUT2D eigenvalue weighted by Gasteiger charge is 2.29. The standard InChI is InChI=1S/C21H24N2O4S/c1-28(25,26)23-12-10-18(11-13-23)27-20-9-5-4-8-19(20)21(24)22-14-16-6-2-3-7-17(16)15-22/h2-9,18H,10-15H2,1H3. The van der Waals surface area contributed by atoms with Crippen LogP contribution < -0.4 is 4.74 Å². The molecular formula is C21H24N2O4S. The molecule has 0 saturated carbocycles. The van der Waals surface area contributed by atoms with E-state index < -0.39 is 10.0 Å². The molecule has 2 aromatic rings. The SMILES string of the molecule is CS(=O)(=O)N1CCC(Oc2ccccc2C(=O)N2Cc3ccccc3C2)CC1. The van der Waals surface area contributed by atoms with Crippen molar-refractivity contribution in [2.45, 2.75) is 32.0 Å². The number of hydrogen-bond donors (Lipinski definition) is 0. The molecule has 0 unspecified atom stereocenters. The Labute approximate surface area is 165 Å². The Morgan fingerprint density at radius 2 is 1.54 bits per heavy atom. The van der Waals surface area contributed by atoms with Crippen LogP contribution in [0.25, 0.3) is 0 Å². The molecular weight excluding hydrogens is 376 g/mol. The zero-order chi connectivity index (χ0) is 19.7. The molecule has 6 nitrogen and oxygen atoms in total. The lowest BCUT2D eigenvalue weighted by molar-refractivity contribution is 0.0739. The Bertz CT molecular complexity index is 956. The lowest BCUT2D eigenvalue weighted by atomic mass is 10.1. The second-order valence-corrected chi connectivity index (χ2v) is 9.39. The first kappa shape index (κ1) is 19.0. The molecule has 2 heterocycles. The van der Waals surface area contributed by atoms with Crippen molar-refractivity contribution in [3.05, 3.63) is 65.2 Å². The molecule has 2 aliphatic heterocycles. The van der Waals surface area contributed by atoms with Gasteiger partial charge in [0.05, 0.1) is 11.8 Å². The third kappa shape index (κ3) is 3.91. The maximum absolute atomic E-state index is 13.1. The van der Waals surface area contributed by atoms with E-state index in [1.807, 2.05) is 35.2 Å². The number of rotatable bonds is 4. The number of fused-ring (bicyclic) bond motifs is 1. The van der Waals surface area contributed by atoms with Gasteiger partial charge in [-0.25, -0.2) is 12.7 Å². The molecule has 148 valence electrons. The van der Waals surface area contributed by atoms with E-state index in [2.05, 4.69) is 12.1 Å². The molecule has 2 aromatic carbocycles. The van der Waals surface area contributed by atoms with Crippen LogP contribution in [0.2, 0.25) is 0 Å². The highest BCUT2D eigenvalue weighted by molar-refractivity contribution is 7.88. The van der Waals surface area contributed by atoms with Crippen LogP contribution in [0.1, 0.15) is 34.3 Å². The van der Waals surface area contributed by atoms with Gasteiger partial charge in [0.1, 0.15) is 11.9 Å². The maximum Gasteiger partial charge on any atom is 0.258 e. The first-order valence-electron chi connectivity index (χ1n) is 9.48. The number of nitrogens with zero attached hydrogens (tertiary/aromatic N) is 2. The molecule has 0 aromatic heterocycles. The summed E-state index contributed by atoms with van der Waals surface area (Å²) in [6, 6.07) is 15.4. The summed E-state index contributed by atoms with van der Waals surface area (Å²) in [5.74, 6) is 0.529. The molecule has 0 spiro atoms. The van der Waals surface area contributed by atoms with E-state index in [1.165, 1.54) is 21.7 Å². The monoisotopic (exact) mass is 400 g/mol. The van der Waals surface area contributed by atoms with Crippen molar-refractivity contribution in [1.29, 1.82) is 0 Å². The molecule has 0 aliphatic carbocycles. The number of ether oxygens (including phenoxy) is 1. The van der Waals surface area contributed by atoms with Crippen LogP contribution in [-0.4, -0.2) is 49.0 Å². The Balaban J connectivity index is 1.45. The molecule has 1 fully saturated rings. The van der Waals surface area contributed by atoms with Crippen LogP contribution >= 0.6 is 0 Å². The molecule has 2 aliphatic rings. The highest BCUT2D eigenvalue weighted by atomic mass is 32.2. The second kappa shape index (κ2) is 7.56. The molecule has 28 heavy (non-hydrogen) atoms. The smallest absolute Gasteiger partial charge is 0.258 e. The molecule has 0 N–H and O–H groups in total. The Morgan fingerprint density at radius 3 is 2.14 bits per heavy atom. The molecule has 0 atom stereocenters. The van der Waals surface area contributed by atoms with E-state index in [0.717, 1.165) is 0 Å². The molecule has 1 amide bonds. The van der Waals surface area contributed by atoms with Gasteiger partial charge in [-0.15, -0.1) is 0 Å². The quantitative estimate of drug-likeness (QED) is 0.791. The topological polar surface area (TPSA) is 66.9 Å². The van der Waals surface area contributed by atoms with E-state index in [4.69, 9.17) is 4.74 Å². The first-order valence-corrected chi connectivity index (χ1v) is 11.3. The summed E-state index contributed by atoms with van der Waals surface area (Å²) >= 11 is 0. The van der Waals surface area contributed by atoms with Crippen molar-refractivity contribution < 1.29 is 17.9 Å². The average Bonchev–Trinajstić information content (AvgIpc) is 3.12. The fourth-order valence-electron chi connectivity index (χ4n) is 3.85.